The third-order valence-electron chi connectivity index (χ3n) is 2.23. The zero-order chi connectivity index (χ0) is 10.1. The van der Waals surface area contributed by atoms with Crippen LogP contribution in [-0.2, 0) is 0 Å². The third-order valence-corrected chi connectivity index (χ3v) is 2.79. The highest BCUT2D eigenvalue weighted by molar-refractivity contribution is 9.10. The van der Waals surface area contributed by atoms with Crippen molar-refractivity contribution in [1.82, 2.24) is 4.98 Å². The molecule has 0 unspecified atom stereocenters. The van der Waals surface area contributed by atoms with Crippen molar-refractivity contribution in [3.63, 3.8) is 0 Å². The van der Waals surface area contributed by atoms with E-state index in [9.17, 15) is 4.39 Å². The second-order valence-corrected chi connectivity index (χ2v) is 4.45. The average molecular weight is 260 g/mol. The lowest BCUT2D eigenvalue weighted by molar-refractivity contribution is 0.285. The van der Waals surface area contributed by atoms with Crippen LogP contribution in [0.15, 0.2) is 10.5 Å². The van der Waals surface area contributed by atoms with E-state index in [1.807, 2.05) is 0 Å². The Hall–Kier alpha value is -0.640. The van der Waals surface area contributed by atoms with Crippen LogP contribution in [0, 0.1) is 18.7 Å². The molecule has 0 atom stereocenters. The number of ether oxygens (including phenoxy) is 1. The monoisotopic (exact) mass is 259 g/mol. The van der Waals surface area contributed by atoms with Gasteiger partial charge >= 0.3 is 0 Å². The molecule has 1 aromatic heterocycles. The van der Waals surface area contributed by atoms with E-state index >= 15 is 0 Å². The summed E-state index contributed by atoms with van der Waals surface area (Å²) in [6, 6.07) is 1.39. The van der Waals surface area contributed by atoms with Crippen LogP contribution in [0.2, 0.25) is 0 Å². The molecule has 2 nitrogen and oxygen atoms in total. The van der Waals surface area contributed by atoms with Gasteiger partial charge in [0, 0.05) is 0 Å². The minimum Gasteiger partial charge on any atom is -0.477 e. The van der Waals surface area contributed by atoms with E-state index in [4.69, 9.17) is 4.74 Å². The van der Waals surface area contributed by atoms with E-state index in [1.165, 1.54) is 18.9 Å². The van der Waals surface area contributed by atoms with Crippen molar-refractivity contribution in [2.24, 2.45) is 5.92 Å². The zero-order valence-electron chi connectivity index (χ0n) is 7.89. The molecule has 1 heterocycles. The topological polar surface area (TPSA) is 22.1 Å². The van der Waals surface area contributed by atoms with Gasteiger partial charge in [-0.3, -0.25) is 0 Å². The molecule has 0 N–H and O–H groups in total. The predicted octanol–water partition coefficient (Wildman–Crippen LogP) is 3.08. The highest BCUT2D eigenvalue weighted by Gasteiger charge is 2.22. The fourth-order valence-corrected chi connectivity index (χ4v) is 1.52. The van der Waals surface area contributed by atoms with Gasteiger partial charge in [0.25, 0.3) is 0 Å². The van der Waals surface area contributed by atoms with Crippen molar-refractivity contribution >= 4 is 15.9 Å². The highest BCUT2D eigenvalue weighted by Crippen LogP contribution is 2.31. The standard InChI is InChI=1S/C10H11BrFNO/c1-6-9(12)4-8(11)10(13-6)14-5-7-2-3-7/h4,7H,2-3,5H2,1H3. The van der Waals surface area contributed by atoms with Crippen LogP contribution in [0.3, 0.4) is 0 Å². The van der Waals surface area contributed by atoms with Crippen molar-refractivity contribution < 1.29 is 9.13 Å². The summed E-state index contributed by atoms with van der Waals surface area (Å²) in [7, 11) is 0. The first-order chi connectivity index (χ1) is 6.66. The maximum absolute atomic E-state index is 13.0. The molecule has 1 saturated carbocycles. The number of aryl methyl sites for hydroxylation is 1. The largest absolute Gasteiger partial charge is 0.477 e. The summed E-state index contributed by atoms with van der Waals surface area (Å²) >= 11 is 3.22. The van der Waals surface area contributed by atoms with Crippen molar-refractivity contribution in [3.05, 3.63) is 22.1 Å². The Kier molecular flexibility index (Phi) is 2.72. The number of halogens is 2. The Bertz CT molecular complexity index is 352. The van der Waals surface area contributed by atoms with Crippen LogP contribution < -0.4 is 4.74 Å². The summed E-state index contributed by atoms with van der Waals surface area (Å²) in [5, 5.41) is 0. The fourth-order valence-electron chi connectivity index (χ4n) is 1.12. The van der Waals surface area contributed by atoms with E-state index in [0.717, 1.165) is 0 Å². The predicted molar refractivity (Wildman–Crippen MR) is 54.9 cm³/mol. The van der Waals surface area contributed by atoms with E-state index < -0.39 is 0 Å². The van der Waals surface area contributed by atoms with Crippen LogP contribution in [-0.4, -0.2) is 11.6 Å². The lowest BCUT2D eigenvalue weighted by Gasteiger charge is -2.07. The van der Waals surface area contributed by atoms with Gasteiger partial charge in [0.15, 0.2) is 0 Å². The molecule has 0 aliphatic heterocycles. The van der Waals surface area contributed by atoms with Gasteiger partial charge in [-0.2, -0.15) is 0 Å². The van der Waals surface area contributed by atoms with Crippen molar-refractivity contribution in [2.75, 3.05) is 6.61 Å². The summed E-state index contributed by atoms with van der Waals surface area (Å²) < 4.78 is 19.1. The summed E-state index contributed by atoms with van der Waals surface area (Å²) in [5.41, 5.74) is 0.374. The Morgan fingerprint density at radius 2 is 2.36 bits per heavy atom. The van der Waals surface area contributed by atoms with Crippen LogP contribution >= 0.6 is 15.9 Å². The van der Waals surface area contributed by atoms with Crippen LogP contribution in [0.5, 0.6) is 5.88 Å². The van der Waals surface area contributed by atoms with Gasteiger partial charge in [-0.05, 0) is 47.7 Å². The molecular formula is C10H11BrFNO. The minimum absolute atomic E-state index is 0.310. The Morgan fingerprint density at radius 3 is 3.00 bits per heavy atom. The normalized spacial score (nSPS) is 15.6. The Labute approximate surface area is 90.6 Å². The number of aromatic nitrogens is 1. The number of hydrogen-bond donors (Lipinski definition) is 0. The molecule has 4 heteroatoms. The van der Waals surface area contributed by atoms with E-state index in [-0.39, 0.29) is 5.82 Å². The lowest BCUT2D eigenvalue weighted by Crippen LogP contribution is -2.03. The van der Waals surface area contributed by atoms with E-state index in [1.54, 1.807) is 6.92 Å². The SMILES string of the molecule is Cc1nc(OCC2CC2)c(Br)cc1F. The molecule has 0 radical (unpaired) electrons. The van der Waals surface area contributed by atoms with E-state index in [2.05, 4.69) is 20.9 Å². The molecule has 0 bridgehead atoms. The van der Waals surface area contributed by atoms with Gasteiger partial charge in [-0.1, -0.05) is 0 Å². The van der Waals surface area contributed by atoms with Crippen molar-refractivity contribution in [3.8, 4) is 5.88 Å². The molecule has 14 heavy (non-hydrogen) atoms. The van der Waals surface area contributed by atoms with Crippen LogP contribution in [0.25, 0.3) is 0 Å². The van der Waals surface area contributed by atoms with Gasteiger partial charge in [-0.25, -0.2) is 9.37 Å². The Balaban J connectivity index is 2.10. The molecule has 0 aromatic carbocycles. The third kappa shape index (κ3) is 2.23. The zero-order valence-corrected chi connectivity index (χ0v) is 9.47. The summed E-state index contributed by atoms with van der Waals surface area (Å²) in [6.07, 6.45) is 2.47. The number of nitrogens with zero attached hydrogens (tertiary/aromatic N) is 1. The van der Waals surface area contributed by atoms with Gasteiger partial charge in [0.1, 0.15) is 5.82 Å². The molecule has 0 saturated heterocycles. The quantitative estimate of drug-likeness (QED) is 0.833. The smallest absolute Gasteiger partial charge is 0.228 e. The highest BCUT2D eigenvalue weighted by atomic mass is 79.9. The number of pyridine rings is 1. The first-order valence-electron chi connectivity index (χ1n) is 4.62. The van der Waals surface area contributed by atoms with Crippen molar-refractivity contribution in [2.45, 2.75) is 19.8 Å². The minimum atomic E-state index is -0.310. The van der Waals surface area contributed by atoms with Crippen LogP contribution in [0.1, 0.15) is 18.5 Å². The first kappa shape index (κ1) is 9.90. The maximum Gasteiger partial charge on any atom is 0.228 e. The molecule has 2 rings (SSSR count). The van der Waals surface area contributed by atoms with Gasteiger partial charge in [0.2, 0.25) is 5.88 Å². The molecule has 0 amide bonds. The second-order valence-electron chi connectivity index (χ2n) is 3.60. The van der Waals surface area contributed by atoms with Gasteiger partial charge in [-0.15, -0.1) is 0 Å². The van der Waals surface area contributed by atoms with Gasteiger partial charge in [0.05, 0.1) is 16.8 Å². The maximum atomic E-state index is 13.0. The summed E-state index contributed by atoms with van der Waals surface area (Å²) in [5.74, 6) is 0.862. The molecule has 1 fully saturated rings. The lowest BCUT2D eigenvalue weighted by atomic mass is 10.3. The molecule has 1 aliphatic carbocycles. The van der Waals surface area contributed by atoms with Gasteiger partial charge < -0.3 is 4.74 Å². The number of hydrogen-bond acceptors (Lipinski definition) is 2. The first-order valence-corrected chi connectivity index (χ1v) is 5.41. The summed E-state index contributed by atoms with van der Waals surface area (Å²) in [6.45, 7) is 2.32. The van der Waals surface area contributed by atoms with E-state index in [0.29, 0.717) is 28.6 Å². The molecule has 0 spiro atoms. The Morgan fingerprint density at radius 1 is 1.64 bits per heavy atom. The molecule has 76 valence electrons. The van der Waals surface area contributed by atoms with Crippen molar-refractivity contribution in [1.29, 1.82) is 0 Å². The molecule has 1 aromatic rings. The van der Waals surface area contributed by atoms with Crippen LogP contribution in [0.4, 0.5) is 4.39 Å². The average Bonchev–Trinajstić information content (AvgIpc) is 2.92. The molecule has 1 aliphatic rings. The molecular weight excluding hydrogens is 249 g/mol. The fraction of sp³-hybridized carbons (Fsp3) is 0.500. The second kappa shape index (κ2) is 3.85. The number of rotatable bonds is 3. The summed E-state index contributed by atoms with van der Waals surface area (Å²) in [4.78, 5) is 4.03.